The van der Waals surface area contributed by atoms with E-state index < -0.39 is 40.2 Å². The Morgan fingerprint density at radius 1 is 1.35 bits per heavy atom. The predicted octanol–water partition coefficient (Wildman–Crippen LogP) is 2.32. The first-order valence-electron chi connectivity index (χ1n) is 11.6. The Kier molecular flexibility index (Phi) is 7.12. The highest BCUT2D eigenvalue weighted by Gasteiger charge is 2.60. The van der Waals surface area contributed by atoms with Gasteiger partial charge in [-0.3, -0.25) is 4.90 Å². The molecule has 1 aromatic heterocycles. The van der Waals surface area contributed by atoms with Gasteiger partial charge in [-0.25, -0.2) is 36.7 Å². The number of alkyl halides is 1. The number of fused-ring (bicyclic) bond motifs is 1. The number of likely N-dealkylation sites (tertiary alicyclic amines) is 1. The number of hydrogen-bond acceptors (Lipinski definition) is 7. The van der Waals surface area contributed by atoms with Gasteiger partial charge in [-0.1, -0.05) is 0 Å². The summed E-state index contributed by atoms with van der Waals surface area (Å²) in [4.78, 5) is 22.5. The number of rotatable bonds is 8. The molecule has 1 aliphatic heterocycles. The lowest BCUT2D eigenvalue weighted by molar-refractivity contribution is -0.0134. The van der Waals surface area contributed by atoms with Crippen molar-refractivity contribution in [2.24, 2.45) is 5.92 Å². The predicted molar refractivity (Wildman–Crippen MR) is 119 cm³/mol. The van der Waals surface area contributed by atoms with Crippen molar-refractivity contribution in [1.29, 1.82) is 0 Å². The van der Waals surface area contributed by atoms with Crippen molar-refractivity contribution in [3.8, 4) is 0 Å². The number of nitrogens with one attached hydrogen (secondary N) is 1. The molecule has 2 saturated carbocycles. The number of ether oxygens (including phenoxy) is 2. The van der Waals surface area contributed by atoms with Crippen LogP contribution < -0.4 is 4.72 Å². The summed E-state index contributed by atoms with van der Waals surface area (Å²) >= 11 is 0. The SMILES string of the molecule is CC(F)COC(=O)N1[C@H](C)C[C@H](NS(C)(=O)=O)[C@@H]1CO[C@H]1CC[C@@]2(c3ncc(F)cn3)C[C@H]2C1. The average Bonchev–Trinajstić information content (AvgIpc) is 3.40. The third kappa shape index (κ3) is 5.49. The Labute approximate surface area is 198 Å². The van der Waals surface area contributed by atoms with E-state index in [1.54, 1.807) is 6.92 Å². The summed E-state index contributed by atoms with van der Waals surface area (Å²) in [6, 6.07) is -1.40. The van der Waals surface area contributed by atoms with Crippen molar-refractivity contribution in [1.82, 2.24) is 19.6 Å². The highest BCUT2D eigenvalue weighted by atomic mass is 32.2. The molecule has 9 nitrogen and oxygen atoms in total. The van der Waals surface area contributed by atoms with E-state index in [2.05, 4.69) is 14.7 Å². The Morgan fingerprint density at radius 3 is 2.68 bits per heavy atom. The molecule has 34 heavy (non-hydrogen) atoms. The van der Waals surface area contributed by atoms with Crippen LogP contribution in [0.3, 0.4) is 0 Å². The van der Waals surface area contributed by atoms with Gasteiger partial charge in [-0.2, -0.15) is 0 Å². The number of carbonyl (C=O) groups is 1. The van der Waals surface area contributed by atoms with Gasteiger partial charge in [0.2, 0.25) is 10.0 Å². The topological polar surface area (TPSA) is 111 Å². The highest BCUT2D eigenvalue weighted by molar-refractivity contribution is 7.88. The van der Waals surface area contributed by atoms with Crippen LogP contribution in [0.1, 0.15) is 51.8 Å². The second-order valence-corrected chi connectivity index (χ2v) is 11.7. The molecule has 4 rings (SSSR count). The number of carbonyl (C=O) groups excluding carboxylic acids is 1. The molecular weight excluding hydrogens is 470 g/mol. The molecule has 12 heteroatoms. The van der Waals surface area contributed by atoms with E-state index in [1.807, 2.05) is 0 Å². The highest BCUT2D eigenvalue weighted by Crippen LogP contribution is 2.61. The standard InChI is InChI=1S/C22H32F2N4O5S/c1-13(23)11-33-21(29)28-14(2)6-18(27-34(3,30)31)19(28)12-32-17-4-5-22(8-15(22)7-17)20-25-9-16(24)10-26-20/h9-10,13-15,17-19,27H,4-8,11-12H2,1-3H3/t13?,14-,15-,17+,18+,19+,22-/m1/s1. The summed E-state index contributed by atoms with van der Waals surface area (Å²) in [6.45, 7) is 2.87. The van der Waals surface area contributed by atoms with Crippen molar-refractivity contribution in [2.75, 3.05) is 19.5 Å². The van der Waals surface area contributed by atoms with Gasteiger partial charge < -0.3 is 9.47 Å². The van der Waals surface area contributed by atoms with E-state index in [4.69, 9.17) is 9.47 Å². The zero-order chi connectivity index (χ0) is 24.7. The maximum atomic E-state index is 13.2. The molecular formula is C22H32F2N4O5S. The van der Waals surface area contributed by atoms with Crippen LogP contribution in [0.2, 0.25) is 0 Å². The molecule has 0 bridgehead atoms. The van der Waals surface area contributed by atoms with Crippen LogP contribution in [0, 0.1) is 11.7 Å². The molecule has 190 valence electrons. The van der Waals surface area contributed by atoms with Crippen LogP contribution in [-0.4, -0.2) is 79.2 Å². The summed E-state index contributed by atoms with van der Waals surface area (Å²) in [6.07, 6.45) is 5.13. The minimum atomic E-state index is -3.51. The maximum Gasteiger partial charge on any atom is 0.410 e. The fourth-order valence-corrected chi connectivity index (χ4v) is 6.33. The number of hydrogen-bond donors (Lipinski definition) is 1. The first kappa shape index (κ1) is 25.2. The molecule has 1 saturated heterocycles. The van der Waals surface area contributed by atoms with Gasteiger partial charge in [0, 0.05) is 17.5 Å². The summed E-state index contributed by atoms with van der Waals surface area (Å²) < 4.78 is 64.1. The van der Waals surface area contributed by atoms with Crippen molar-refractivity contribution in [3.63, 3.8) is 0 Å². The van der Waals surface area contributed by atoms with Crippen LogP contribution in [0.4, 0.5) is 13.6 Å². The zero-order valence-electron chi connectivity index (χ0n) is 19.6. The van der Waals surface area contributed by atoms with E-state index >= 15 is 0 Å². The molecule has 3 fully saturated rings. The second-order valence-electron chi connectivity index (χ2n) is 9.93. The molecule has 0 radical (unpaired) electrons. The van der Waals surface area contributed by atoms with Crippen LogP contribution in [0.15, 0.2) is 12.4 Å². The van der Waals surface area contributed by atoms with Gasteiger partial charge in [0.05, 0.1) is 37.4 Å². The fraction of sp³-hybridized carbons (Fsp3) is 0.773. The number of nitrogens with zero attached hydrogens (tertiary/aromatic N) is 3. The van der Waals surface area contributed by atoms with E-state index in [-0.39, 0.29) is 30.8 Å². The van der Waals surface area contributed by atoms with Crippen molar-refractivity contribution < 1.29 is 31.5 Å². The summed E-state index contributed by atoms with van der Waals surface area (Å²) in [5, 5.41) is 0. The van der Waals surface area contributed by atoms with Gasteiger partial charge in [-0.05, 0) is 51.9 Å². The summed E-state index contributed by atoms with van der Waals surface area (Å²) in [7, 11) is -3.51. The normalized spacial score (nSPS) is 33.9. The molecule has 7 atom stereocenters. The molecule has 1 N–H and O–H groups in total. The lowest BCUT2D eigenvalue weighted by Gasteiger charge is -2.33. The smallest absolute Gasteiger partial charge is 0.410 e. The third-order valence-electron chi connectivity index (χ3n) is 7.16. The number of aromatic nitrogens is 2. The van der Waals surface area contributed by atoms with Crippen LogP contribution in [0.5, 0.6) is 0 Å². The molecule has 0 spiro atoms. The van der Waals surface area contributed by atoms with Gasteiger partial charge >= 0.3 is 6.09 Å². The summed E-state index contributed by atoms with van der Waals surface area (Å²) in [5.74, 6) is 0.563. The fourth-order valence-electron chi connectivity index (χ4n) is 5.52. The first-order chi connectivity index (χ1) is 16.0. The molecule has 1 unspecified atom stereocenters. The average molecular weight is 503 g/mol. The molecule has 2 heterocycles. The van der Waals surface area contributed by atoms with Gasteiger partial charge in [0.1, 0.15) is 18.6 Å². The molecule has 3 aliphatic rings. The lowest BCUT2D eigenvalue weighted by Crippen LogP contribution is -2.50. The van der Waals surface area contributed by atoms with Crippen LogP contribution in [0.25, 0.3) is 0 Å². The second kappa shape index (κ2) is 9.62. The quantitative estimate of drug-likeness (QED) is 0.581. The monoisotopic (exact) mass is 502 g/mol. The Hall–Kier alpha value is -1.92. The summed E-state index contributed by atoms with van der Waals surface area (Å²) in [5.41, 5.74) is -0.116. The maximum absolute atomic E-state index is 13.2. The largest absolute Gasteiger partial charge is 0.446 e. The van der Waals surface area contributed by atoms with Crippen LogP contribution in [-0.2, 0) is 24.9 Å². The van der Waals surface area contributed by atoms with E-state index in [9.17, 15) is 22.0 Å². The minimum absolute atomic E-state index is 0.0559. The number of halogens is 2. The van der Waals surface area contributed by atoms with Crippen molar-refractivity contribution in [2.45, 2.75) is 81.8 Å². The molecule has 2 aliphatic carbocycles. The first-order valence-corrected chi connectivity index (χ1v) is 13.5. The Balaban J connectivity index is 1.39. The van der Waals surface area contributed by atoms with E-state index in [1.165, 1.54) is 24.2 Å². The minimum Gasteiger partial charge on any atom is -0.446 e. The van der Waals surface area contributed by atoms with E-state index in [0.29, 0.717) is 18.2 Å². The van der Waals surface area contributed by atoms with Crippen molar-refractivity contribution >= 4 is 16.1 Å². The van der Waals surface area contributed by atoms with Crippen LogP contribution >= 0.6 is 0 Å². The van der Waals surface area contributed by atoms with Gasteiger partial charge in [0.15, 0.2) is 5.82 Å². The molecule has 0 aromatic carbocycles. The molecule has 1 amide bonds. The zero-order valence-corrected chi connectivity index (χ0v) is 20.4. The van der Waals surface area contributed by atoms with Gasteiger partial charge in [0.25, 0.3) is 0 Å². The van der Waals surface area contributed by atoms with Gasteiger partial charge in [-0.15, -0.1) is 0 Å². The third-order valence-corrected chi connectivity index (χ3v) is 7.90. The number of amides is 1. The Morgan fingerprint density at radius 2 is 2.06 bits per heavy atom. The lowest BCUT2D eigenvalue weighted by atomic mass is 9.86. The Bertz CT molecular complexity index is 996. The number of sulfonamides is 1. The van der Waals surface area contributed by atoms with E-state index in [0.717, 1.165) is 31.9 Å². The van der Waals surface area contributed by atoms with Crippen molar-refractivity contribution in [3.05, 3.63) is 24.0 Å². The molecule has 1 aromatic rings.